The van der Waals surface area contributed by atoms with Crippen LogP contribution in [0, 0.1) is 11.8 Å². The summed E-state index contributed by atoms with van der Waals surface area (Å²) in [7, 11) is 0. The molecular formula is C16H23BrIN3OS. The third-order valence-electron chi connectivity index (χ3n) is 5.10. The van der Waals surface area contributed by atoms with Crippen LogP contribution in [0.1, 0.15) is 24.6 Å². The minimum atomic E-state index is 0. The van der Waals surface area contributed by atoms with Crippen molar-refractivity contribution in [1.29, 1.82) is 0 Å². The van der Waals surface area contributed by atoms with Gasteiger partial charge in [0.15, 0.2) is 5.96 Å². The zero-order valence-electron chi connectivity index (χ0n) is 13.2. The number of fused-ring (bicyclic) bond motifs is 5. The van der Waals surface area contributed by atoms with Gasteiger partial charge in [0, 0.05) is 36.3 Å². The predicted octanol–water partition coefficient (Wildman–Crippen LogP) is 3.70. The number of ether oxygens (including phenoxy) is 1. The Bertz CT molecular complexity index is 563. The van der Waals surface area contributed by atoms with E-state index in [-0.39, 0.29) is 24.0 Å². The maximum Gasteiger partial charge on any atom is 0.194 e. The van der Waals surface area contributed by atoms with Crippen molar-refractivity contribution >= 4 is 57.2 Å². The zero-order chi connectivity index (χ0) is 15.1. The van der Waals surface area contributed by atoms with Crippen molar-refractivity contribution in [3.05, 3.63) is 20.8 Å². The van der Waals surface area contributed by atoms with E-state index in [1.54, 1.807) is 11.3 Å². The fourth-order valence-corrected chi connectivity index (χ4v) is 5.56. The quantitative estimate of drug-likeness (QED) is 0.382. The molecule has 1 aromatic rings. The van der Waals surface area contributed by atoms with Crippen molar-refractivity contribution in [3.63, 3.8) is 0 Å². The first-order valence-electron chi connectivity index (χ1n) is 8.17. The SMILES string of the molecule is CCNC(=NCc1ccc(Br)s1)N1CC2C3CCC(O3)C2C1.I. The second-order valence-electron chi connectivity index (χ2n) is 6.40. The molecule has 2 bridgehead atoms. The lowest BCUT2D eigenvalue weighted by molar-refractivity contribution is 0.0767. The number of hydrogen-bond acceptors (Lipinski definition) is 3. The molecule has 4 atom stereocenters. The highest BCUT2D eigenvalue weighted by Crippen LogP contribution is 2.47. The fourth-order valence-electron chi connectivity index (χ4n) is 4.15. The summed E-state index contributed by atoms with van der Waals surface area (Å²) >= 11 is 5.28. The van der Waals surface area contributed by atoms with Crippen LogP contribution >= 0.6 is 51.2 Å². The number of likely N-dealkylation sites (tertiary alicyclic amines) is 1. The van der Waals surface area contributed by atoms with Gasteiger partial charge in [-0.25, -0.2) is 4.99 Å². The van der Waals surface area contributed by atoms with E-state index in [2.05, 4.69) is 45.2 Å². The van der Waals surface area contributed by atoms with E-state index in [4.69, 9.17) is 9.73 Å². The third kappa shape index (κ3) is 3.57. The molecule has 4 rings (SSSR count). The second-order valence-corrected chi connectivity index (χ2v) is 8.95. The minimum Gasteiger partial charge on any atom is -0.374 e. The van der Waals surface area contributed by atoms with Crippen molar-refractivity contribution in [1.82, 2.24) is 10.2 Å². The lowest BCUT2D eigenvalue weighted by atomic mass is 9.82. The number of aliphatic imine (C=N–C) groups is 1. The molecule has 0 aromatic carbocycles. The summed E-state index contributed by atoms with van der Waals surface area (Å²) < 4.78 is 7.24. The van der Waals surface area contributed by atoms with Crippen molar-refractivity contribution < 1.29 is 4.74 Å². The Morgan fingerprint density at radius 1 is 1.35 bits per heavy atom. The van der Waals surface area contributed by atoms with Gasteiger partial charge in [-0.3, -0.25) is 0 Å². The van der Waals surface area contributed by atoms with E-state index in [0.29, 0.717) is 12.2 Å². The van der Waals surface area contributed by atoms with Gasteiger partial charge >= 0.3 is 0 Å². The highest BCUT2D eigenvalue weighted by molar-refractivity contribution is 14.0. The number of guanidine groups is 1. The number of nitrogens with zero attached hydrogens (tertiary/aromatic N) is 2. The van der Waals surface area contributed by atoms with Crippen LogP contribution in [0.15, 0.2) is 20.9 Å². The van der Waals surface area contributed by atoms with Gasteiger partial charge in [-0.1, -0.05) is 0 Å². The van der Waals surface area contributed by atoms with Crippen LogP contribution in [-0.4, -0.2) is 42.7 Å². The van der Waals surface area contributed by atoms with Gasteiger partial charge < -0.3 is 15.0 Å². The summed E-state index contributed by atoms with van der Waals surface area (Å²) in [6.07, 6.45) is 3.54. The molecule has 0 radical (unpaired) electrons. The van der Waals surface area contributed by atoms with Crippen LogP contribution in [0.5, 0.6) is 0 Å². The highest BCUT2D eigenvalue weighted by Gasteiger charge is 2.53. The largest absolute Gasteiger partial charge is 0.374 e. The molecular weight excluding hydrogens is 489 g/mol. The molecule has 4 unspecified atom stereocenters. The van der Waals surface area contributed by atoms with E-state index >= 15 is 0 Å². The Hall–Kier alpha value is 0.140. The fraction of sp³-hybridized carbons (Fsp3) is 0.688. The molecule has 0 saturated carbocycles. The van der Waals surface area contributed by atoms with Crippen LogP contribution in [0.3, 0.4) is 0 Å². The summed E-state index contributed by atoms with van der Waals surface area (Å²) in [6.45, 7) is 6.02. The number of thiophene rings is 1. The van der Waals surface area contributed by atoms with Crippen molar-refractivity contribution in [2.45, 2.75) is 38.5 Å². The zero-order valence-corrected chi connectivity index (χ0v) is 17.9. The number of nitrogens with one attached hydrogen (secondary N) is 1. The third-order valence-corrected chi connectivity index (χ3v) is 6.71. The molecule has 1 N–H and O–H groups in total. The van der Waals surface area contributed by atoms with Crippen LogP contribution in [-0.2, 0) is 11.3 Å². The smallest absolute Gasteiger partial charge is 0.194 e. The topological polar surface area (TPSA) is 36.9 Å². The molecule has 7 heteroatoms. The van der Waals surface area contributed by atoms with E-state index in [1.165, 1.54) is 21.5 Å². The Balaban J connectivity index is 0.00000156. The lowest BCUT2D eigenvalue weighted by Crippen LogP contribution is -2.41. The molecule has 23 heavy (non-hydrogen) atoms. The van der Waals surface area contributed by atoms with Crippen LogP contribution in [0.4, 0.5) is 0 Å². The van der Waals surface area contributed by atoms with Gasteiger partial charge in [0.25, 0.3) is 0 Å². The van der Waals surface area contributed by atoms with E-state index in [1.807, 2.05) is 0 Å². The average Bonchev–Trinajstić information content (AvgIpc) is 3.24. The first kappa shape index (κ1) is 17.9. The number of rotatable bonds is 3. The molecule has 3 saturated heterocycles. The minimum absolute atomic E-state index is 0. The Kier molecular flexibility index (Phi) is 5.91. The summed E-state index contributed by atoms with van der Waals surface area (Å²) in [6, 6.07) is 4.24. The predicted molar refractivity (Wildman–Crippen MR) is 109 cm³/mol. The van der Waals surface area contributed by atoms with E-state index in [0.717, 1.165) is 44.0 Å². The summed E-state index contributed by atoms with van der Waals surface area (Å²) in [5, 5.41) is 3.47. The second kappa shape index (κ2) is 7.58. The molecule has 128 valence electrons. The molecule has 0 amide bonds. The van der Waals surface area contributed by atoms with Crippen molar-refractivity contribution in [2.24, 2.45) is 16.8 Å². The summed E-state index contributed by atoms with van der Waals surface area (Å²) in [5.74, 6) is 2.51. The monoisotopic (exact) mass is 511 g/mol. The van der Waals surface area contributed by atoms with Gasteiger partial charge in [-0.2, -0.15) is 0 Å². The van der Waals surface area contributed by atoms with E-state index < -0.39 is 0 Å². The van der Waals surface area contributed by atoms with Crippen LogP contribution in [0.2, 0.25) is 0 Å². The Morgan fingerprint density at radius 2 is 2.04 bits per heavy atom. The maximum atomic E-state index is 6.07. The molecule has 4 nitrogen and oxygen atoms in total. The summed E-state index contributed by atoms with van der Waals surface area (Å²) in [5.41, 5.74) is 0. The first-order valence-corrected chi connectivity index (χ1v) is 9.78. The standard InChI is InChI=1S/C16H22BrN3OS.HI/c1-2-18-16(19-7-10-3-6-15(17)22-10)20-8-11-12(9-20)14-5-4-13(11)21-14;/h3,6,11-14H,2,4-5,7-9H2,1H3,(H,18,19);1H. The number of halogens is 2. The van der Waals surface area contributed by atoms with Gasteiger partial charge in [0.05, 0.1) is 22.5 Å². The van der Waals surface area contributed by atoms with Gasteiger partial charge in [-0.05, 0) is 47.8 Å². The van der Waals surface area contributed by atoms with Crippen molar-refractivity contribution in [3.8, 4) is 0 Å². The molecule has 4 heterocycles. The highest BCUT2D eigenvalue weighted by atomic mass is 127. The molecule has 3 aliphatic heterocycles. The average molecular weight is 512 g/mol. The van der Waals surface area contributed by atoms with Gasteiger partial charge in [0.1, 0.15) is 0 Å². The van der Waals surface area contributed by atoms with E-state index in [9.17, 15) is 0 Å². The maximum absolute atomic E-state index is 6.07. The Labute approximate surface area is 167 Å². The normalized spacial score (nSPS) is 32.1. The van der Waals surface area contributed by atoms with Crippen LogP contribution < -0.4 is 5.32 Å². The van der Waals surface area contributed by atoms with Gasteiger partial charge in [0.2, 0.25) is 0 Å². The lowest BCUT2D eigenvalue weighted by Gasteiger charge is -2.23. The Morgan fingerprint density at radius 3 is 2.61 bits per heavy atom. The number of hydrogen-bond donors (Lipinski definition) is 1. The molecule has 3 aliphatic rings. The van der Waals surface area contributed by atoms with Gasteiger partial charge in [-0.15, -0.1) is 35.3 Å². The van der Waals surface area contributed by atoms with Crippen LogP contribution in [0.25, 0.3) is 0 Å². The molecule has 0 spiro atoms. The molecule has 3 fully saturated rings. The summed E-state index contributed by atoms with van der Waals surface area (Å²) in [4.78, 5) is 8.61. The molecule has 0 aliphatic carbocycles. The van der Waals surface area contributed by atoms with Crippen molar-refractivity contribution in [2.75, 3.05) is 19.6 Å². The first-order chi connectivity index (χ1) is 10.7. The molecule has 1 aromatic heterocycles.